The van der Waals surface area contributed by atoms with Crippen LogP contribution in [0.3, 0.4) is 0 Å². The number of benzene rings is 2. The predicted molar refractivity (Wildman–Crippen MR) is 99.5 cm³/mol. The minimum atomic E-state index is -1.55. The van der Waals surface area contributed by atoms with Crippen molar-refractivity contribution in [1.29, 1.82) is 0 Å². The largest absolute Gasteiger partial charge is 0.508 e. The number of aliphatic hydroxyl groups is 4. The van der Waals surface area contributed by atoms with Crippen molar-refractivity contribution >= 4 is 12.2 Å². The Bertz CT molecular complexity index is 817. The highest BCUT2D eigenvalue weighted by atomic mass is 16.7. The second kappa shape index (κ2) is 8.59. The van der Waals surface area contributed by atoms with Crippen LogP contribution >= 0.6 is 0 Å². The van der Waals surface area contributed by atoms with E-state index in [1.165, 1.54) is 12.1 Å². The summed E-state index contributed by atoms with van der Waals surface area (Å²) in [7, 11) is 0. The second-order valence-electron chi connectivity index (χ2n) is 6.50. The van der Waals surface area contributed by atoms with Crippen LogP contribution in [0, 0.1) is 0 Å². The van der Waals surface area contributed by atoms with E-state index in [0.717, 1.165) is 5.56 Å². The number of aromatic hydroxyl groups is 2. The van der Waals surface area contributed by atoms with Gasteiger partial charge in [0.1, 0.15) is 41.7 Å². The lowest BCUT2D eigenvalue weighted by Gasteiger charge is -2.39. The molecule has 0 amide bonds. The van der Waals surface area contributed by atoms with Gasteiger partial charge in [0.05, 0.1) is 6.61 Å². The fourth-order valence-corrected chi connectivity index (χ4v) is 2.85. The molecule has 28 heavy (non-hydrogen) atoms. The molecule has 0 saturated carbocycles. The third-order valence-corrected chi connectivity index (χ3v) is 4.38. The monoisotopic (exact) mass is 390 g/mol. The number of ether oxygens (including phenoxy) is 2. The molecule has 8 heteroatoms. The van der Waals surface area contributed by atoms with Gasteiger partial charge in [-0.25, -0.2) is 0 Å². The molecule has 0 radical (unpaired) electrons. The fraction of sp³-hybridized carbons (Fsp3) is 0.300. The first-order valence-corrected chi connectivity index (χ1v) is 8.65. The van der Waals surface area contributed by atoms with Crippen LogP contribution in [0.15, 0.2) is 42.5 Å². The Hall–Kier alpha value is -2.62. The zero-order chi connectivity index (χ0) is 20.3. The molecule has 1 heterocycles. The van der Waals surface area contributed by atoms with Crippen molar-refractivity contribution in [3.63, 3.8) is 0 Å². The van der Waals surface area contributed by atoms with Gasteiger partial charge in [0.25, 0.3) is 0 Å². The number of hydrogen-bond acceptors (Lipinski definition) is 8. The summed E-state index contributed by atoms with van der Waals surface area (Å²) in [6.45, 7) is -0.564. The van der Waals surface area contributed by atoms with E-state index in [0.29, 0.717) is 5.56 Å². The predicted octanol–water partition coefficient (Wildman–Crippen LogP) is 0.447. The molecule has 0 bridgehead atoms. The normalized spacial score (nSPS) is 27.8. The van der Waals surface area contributed by atoms with Gasteiger partial charge in [-0.1, -0.05) is 24.3 Å². The molecule has 1 fully saturated rings. The van der Waals surface area contributed by atoms with Crippen molar-refractivity contribution < 1.29 is 40.1 Å². The maximum atomic E-state index is 10.1. The van der Waals surface area contributed by atoms with E-state index in [2.05, 4.69) is 0 Å². The smallest absolute Gasteiger partial charge is 0.229 e. The van der Waals surface area contributed by atoms with Gasteiger partial charge in [0.2, 0.25) is 6.29 Å². The Morgan fingerprint density at radius 2 is 1.50 bits per heavy atom. The van der Waals surface area contributed by atoms with Crippen molar-refractivity contribution in [1.82, 2.24) is 0 Å². The lowest BCUT2D eigenvalue weighted by molar-refractivity contribution is -0.277. The Morgan fingerprint density at radius 3 is 2.18 bits per heavy atom. The lowest BCUT2D eigenvalue weighted by Crippen LogP contribution is -2.60. The van der Waals surface area contributed by atoms with E-state index < -0.39 is 37.3 Å². The third-order valence-electron chi connectivity index (χ3n) is 4.38. The number of phenols is 2. The van der Waals surface area contributed by atoms with Gasteiger partial charge in [-0.05, 0) is 35.4 Å². The summed E-state index contributed by atoms with van der Waals surface area (Å²) in [4.78, 5) is 0. The Kier molecular flexibility index (Phi) is 6.18. The molecular formula is C20H22O8. The van der Waals surface area contributed by atoms with Crippen LogP contribution < -0.4 is 4.74 Å². The highest BCUT2D eigenvalue weighted by molar-refractivity contribution is 5.71. The zero-order valence-electron chi connectivity index (χ0n) is 14.8. The first-order valence-electron chi connectivity index (χ1n) is 8.65. The highest BCUT2D eigenvalue weighted by Crippen LogP contribution is 2.28. The van der Waals surface area contributed by atoms with Gasteiger partial charge in [-0.2, -0.15) is 0 Å². The second-order valence-corrected chi connectivity index (χ2v) is 6.50. The molecule has 6 N–H and O–H groups in total. The van der Waals surface area contributed by atoms with Crippen LogP contribution in [-0.4, -0.2) is 68.0 Å². The quantitative estimate of drug-likeness (QED) is 0.405. The topological polar surface area (TPSA) is 140 Å². The maximum Gasteiger partial charge on any atom is 0.229 e. The van der Waals surface area contributed by atoms with Crippen LogP contribution in [0.2, 0.25) is 0 Å². The molecule has 5 atom stereocenters. The zero-order valence-corrected chi connectivity index (χ0v) is 14.8. The van der Waals surface area contributed by atoms with Crippen molar-refractivity contribution in [3.8, 4) is 17.2 Å². The van der Waals surface area contributed by atoms with Gasteiger partial charge in [0, 0.05) is 6.07 Å². The summed E-state index contributed by atoms with van der Waals surface area (Å²) in [6.07, 6.45) is -3.52. The molecule has 150 valence electrons. The Morgan fingerprint density at radius 1 is 0.821 bits per heavy atom. The van der Waals surface area contributed by atoms with Gasteiger partial charge in [-0.15, -0.1) is 0 Å². The van der Waals surface area contributed by atoms with Crippen molar-refractivity contribution in [2.75, 3.05) is 6.61 Å². The molecule has 0 aromatic heterocycles. The average Bonchev–Trinajstić information content (AvgIpc) is 2.67. The first kappa shape index (κ1) is 20.1. The summed E-state index contributed by atoms with van der Waals surface area (Å²) in [5, 5.41) is 58.2. The molecule has 1 unspecified atom stereocenters. The van der Waals surface area contributed by atoms with E-state index in [9.17, 15) is 30.6 Å². The number of hydrogen-bond donors (Lipinski definition) is 6. The summed E-state index contributed by atoms with van der Waals surface area (Å²) in [5.41, 5.74) is 1.42. The Balaban J connectivity index is 1.76. The summed E-state index contributed by atoms with van der Waals surface area (Å²) < 4.78 is 10.8. The van der Waals surface area contributed by atoms with E-state index >= 15 is 0 Å². The fourth-order valence-electron chi connectivity index (χ4n) is 2.85. The van der Waals surface area contributed by atoms with Gasteiger partial charge in [0.15, 0.2) is 0 Å². The van der Waals surface area contributed by atoms with Crippen LogP contribution in [0.4, 0.5) is 0 Å². The lowest BCUT2D eigenvalue weighted by atomic mass is 9.99. The van der Waals surface area contributed by atoms with E-state index in [4.69, 9.17) is 9.47 Å². The SMILES string of the molecule is OC[C@H]1OC(Oc2cc(O)cc(/C=C\c3ccc(O)cc3)c2)[C@H](O)[C@@H](O)[C@@H]1O. The first-order chi connectivity index (χ1) is 13.4. The number of rotatable bonds is 5. The summed E-state index contributed by atoms with van der Waals surface area (Å²) in [5.74, 6) is 0.229. The van der Waals surface area contributed by atoms with Crippen molar-refractivity contribution in [2.45, 2.75) is 30.7 Å². The highest BCUT2D eigenvalue weighted by Gasteiger charge is 2.44. The van der Waals surface area contributed by atoms with Crippen LogP contribution in [-0.2, 0) is 4.74 Å². The maximum absolute atomic E-state index is 10.1. The minimum Gasteiger partial charge on any atom is -0.508 e. The van der Waals surface area contributed by atoms with E-state index in [-0.39, 0.29) is 17.2 Å². The minimum absolute atomic E-state index is 0.0903. The third kappa shape index (κ3) is 4.61. The molecule has 2 aromatic rings. The Labute approximate surface area is 161 Å². The standard InChI is InChI=1S/C20H22O8/c21-10-16-17(24)18(25)19(26)20(28-16)27-15-8-12(7-14(23)9-15)2-1-11-3-5-13(22)6-4-11/h1-9,16-26H,10H2/b2-1-/t16-,17-,18+,19-,20?/m1/s1. The van der Waals surface area contributed by atoms with Gasteiger partial charge >= 0.3 is 0 Å². The summed E-state index contributed by atoms with van der Waals surface area (Å²) in [6, 6.07) is 10.9. The van der Waals surface area contributed by atoms with Crippen LogP contribution in [0.1, 0.15) is 11.1 Å². The van der Waals surface area contributed by atoms with Gasteiger partial charge < -0.3 is 40.1 Å². The molecule has 3 rings (SSSR count). The van der Waals surface area contributed by atoms with Crippen molar-refractivity contribution in [3.05, 3.63) is 53.6 Å². The molecule has 0 spiro atoms. The molecule has 1 aliphatic heterocycles. The summed E-state index contributed by atoms with van der Waals surface area (Å²) >= 11 is 0. The van der Waals surface area contributed by atoms with E-state index in [1.807, 2.05) is 0 Å². The molecule has 0 aliphatic carbocycles. The molecule has 2 aromatic carbocycles. The molecular weight excluding hydrogens is 368 g/mol. The number of aliphatic hydroxyl groups excluding tert-OH is 4. The number of phenolic OH excluding ortho intramolecular Hbond substituents is 2. The average molecular weight is 390 g/mol. The molecule has 1 saturated heterocycles. The van der Waals surface area contributed by atoms with Crippen LogP contribution in [0.25, 0.3) is 12.2 Å². The van der Waals surface area contributed by atoms with E-state index in [1.54, 1.807) is 42.5 Å². The molecule has 8 nitrogen and oxygen atoms in total. The van der Waals surface area contributed by atoms with Crippen LogP contribution in [0.5, 0.6) is 17.2 Å². The van der Waals surface area contributed by atoms with Gasteiger partial charge in [-0.3, -0.25) is 0 Å². The van der Waals surface area contributed by atoms with Crippen molar-refractivity contribution in [2.24, 2.45) is 0 Å². The molecule has 1 aliphatic rings.